The molecule has 1 amide bonds. The Morgan fingerprint density at radius 1 is 1.12 bits per heavy atom. The molecule has 0 unspecified atom stereocenters. The second kappa shape index (κ2) is 6.61. The number of likely N-dealkylation sites (N-methyl/N-ethyl adjacent to an activating group) is 1. The summed E-state index contributed by atoms with van der Waals surface area (Å²) in [6.07, 6.45) is 0.594. The topological polar surface area (TPSA) is 66.5 Å². The number of anilines is 1. The van der Waals surface area contributed by atoms with Crippen molar-refractivity contribution < 1.29 is 13.2 Å². The van der Waals surface area contributed by atoms with Gasteiger partial charge in [0.2, 0.25) is 14.4 Å². The van der Waals surface area contributed by atoms with Gasteiger partial charge in [0.25, 0.3) is 5.91 Å². The Balaban J connectivity index is 1.83. The van der Waals surface area contributed by atoms with E-state index in [9.17, 15) is 13.2 Å². The van der Waals surface area contributed by atoms with Gasteiger partial charge in [-0.1, -0.05) is 53.5 Å². The van der Waals surface area contributed by atoms with Gasteiger partial charge in [-0.3, -0.25) is 4.79 Å². The lowest BCUT2D eigenvalue weighted by Gasteiger charge is -2.18. The van der Waals surface area contributed by atoms with Crippen molar-refractivity contribution in [2.45, 2.75) is 15.6 Å². The number of hydrogen-bond acceptors (Lipinski definition) is 3. The normalized spacial score (nSPS) is 15.9. The zero-order valence-electron chi connectivity index (χ0n) is 13.4. The average Bonchev–Trinajstić information content (AvgIpc) is 2.82. The predicted molar refractivity (Wildman–Crippen MR) is 98.4 cm³/mol. The smallest absolute Gasteiger partial charge is 0.265 e. The number of nitrogens with zero attached hydrogens (tertiary/aromatic N) is 1. The molecule has 0 spiro atoms. The largest absolute Gasteiger partial charge is 0.323 e. The fraction of sp³-hybridized carbons (Fsp3) is 0.235. The number of sulfonamides is 1. The molecular weight excluding hydrogens is 383 g/mol. The zero-order valence-corrected chi connectivity index (χ0v) is 15.7. The lowest BCUT2D eigenvalue weighted by molar-refractivity contribution is -0.116. The first-order chi connectivity index (χ1) is 11.7. The predicted octanol–water partition coefficient (Wildman–Crippen LogP) is 3.13. The molecule has 0 bridgehead atoms. The molecule has 0 saturated heterocycles. The summed E-state index contributed by atoms with van der Waals surface area (Å²) in [6.45, 7) is 0.327. The number of rotatable bonds is 5. The molecule has 0 fully saturated rings. The maximum absolute atomic E-state index is 12.8. The minimum absolute atomic E-state index is 0.0454. The van der Waals surface area contributed by atoms with Gasteiger partial charge < -0.3 is 5.32 Å². The molecule has 3 rings (SSSR count). The van der Waals surface area contributed by atoms with Gasteiger partial charge in [0, 0.05) is 24.8 Å². The average molecular weight is 399 g/mol. The first-order valence-electron chi connectivity index (χ1n) is 7.57. The fourth-order valence-electron chi connectivity index (χ4n) is 2.61. The maximum Gasteiger partial charge on any atom is 0.265 e. The first-order valence-corrected chi connectivity index (χ1v) is 9.76. The van der Waals surface area contributed by atoms with E-state index in [4.69, 9.17) is 23.2 Å². The molecule has 25 heavy (non-hydrogen) atoms. The van der Waals surface area contributed by atoms with Crippen molar-refractivity contribution in [3.05, 3.63) is 59.7 Å². The van der Waals surface area contributed by atoms with Crippen LogP contribution in [0.15, 0.2) is 53.4 Å². The Bertz CT molecular complexity index is 915. The second-order valence-corrected chi connectivity index (χ2v) is 9.17. The van der Waals surface area contributed by atoms with Crippen LogP contribution in [0.25, 0.3) is 0 Å². The minimum atomic E-state index is -3.72. The Hall–Kier alpha value is -1.60. The van der Waals surface area contributed by atoms with Crippen LogP contribution in [0, 0.1) is 0 Å². The third-order valence-electron chi connectivity index (χ3n) is 4.13. The molecule has 5 nitrogen and oxygen atoms in total. The number of benzene rings is 2. The van der Waals surface area contributed by atoms with Crippen molar-refractivity contribution in [1.29, 1.82) is 0 Å². The van der Waals surface area contributed by atoms with Crippen molar-refractivity contribution in [2.24, 2.45) is 0 Å². The van der Waals surface area contributed by atoms with E-state index in [-0.39, 0.29) is 10.5 Å². The van der Waals surface area contributed by atoms with Gasteiger partial charge in [0.15, 0.2) is 0 Å². The van der Waals surface area contributed by atoms with E-state index >= 15 is 0 Å². The molecule has 1 aliphatic rings. The van der Waals surface area contributed by atoms with Crippen LogP contribution < -0.4 is 5.32 Å². The molecular formula is C17H16Cl2N2O3S. The van der Waals surface area contributed by atoms with E-state index < -0.39 is 20.3 Å². The van der Waals surface area contributed by atoms with Crippen LogP contribution in [0.5, 0.6) is 0 Å². The summed E-state index contributed by atoms with van der Waals surface area (Å²) in [4.78, 5) is 11.8. The van der Waals surface area contributed by atoms with E-state index in [1.54, 1.807) is 0 Å². The number of alkyl halides is 2. The SMILES string of the molecule is CN(CCc1ccccc1)S(=O)(=O)c1ccc2c(c1)C(Cl)(Cl)C(=O)N2. The molecule has 8 heteroatoms. The minimum Gasteiger partial charge on any atom is -0.323 e. The standard InChI is InChI=1S/C17H16Cl2N2O3S/c1-21(10-9-12-5-3-2-4-6-12)25(23,24)13-7-8-15-14(11-13)17(18,19)16(22)20-15/h2-8,11H,9-10H2,1H3,(H,20,22). The first kappa shape index (κ1) is 18.2. The van der Waals surface area contributed by atoms with Gasteiger partial charge in [-0.25, -0.2) is 12.7 Å². The Kier molecular flexibility index (Phi) is 4.81. The lowest BCUT2D eigenvalue weighted by Crippen LogP contribution is -2.29. The maximum atomic E-state index is 12.8. The third kappa shape index (κ3) is 3.40. The van der Waals surface area contributed by atoms with Gasteiger partial charge in [0.1, 0.15) is 0 Å². The molecule has 0 aromatic heterocycles. The van der Waals surface area contributed by atoms with Crippen molar-refractivity contribution in [3.8, 4) is 0 Å². The molecule has 0 radical (unpaired) electrons. The number of amides is 1. The van der Waals surface area contributed by atoms with E-state index in [0.29, 0.717) is 18.7 Å². The number of halogens is 2. The van der Waals surface area contributed by atoms with Crippen molar-refractivity contribution in [1.82, 2.24) is 4.31 Å². The fourth-order valence-corrected chi connectivity index (χ4v) is 4.21. The summed E-state index contributed by atoms with van der Waals surface area (Å²) in [5.74, 6) is -0.585. The van der Waals surface area contributed by atoms with Gasteiger partial charge >= 0.3 is 0 Å². The number of nitrogens with one attached hydrogen (secondary N) is 1. The molecule has 0 saturated carbocycles. The molecule has 0 atom stereocenters. The van der Waals surface area contributed by atoms with Crippen molar-refractivity contribution in [3.63, 3.8) is 0 Å². The summed E-state index contributed by atoms with van der Waals surface area (Å²) < 4.78 is 25.0. The molecule has 1 N–H and O–H groups in total. The van der Waals surface area contributed by atoms with Crippen LogP contribution in [-0.4, -0.2) is 32.2 Å². The molecule has 2 aromatic carbocycles. The van der Waals surface area contributed by atoms with E-state index in [0.717, 1.165) is 5.56 Å². The molecule has 132 valence electrons. The number of hydrogen-bond donors (Lipinski definition) is 1. The summed E-state index contributed by atoms with van der Waals surface area (Å²) >= 11 is 12.1. The van der Waals surface area contributed by atoms with E-state index in [2.05, 4.69) is 5.32 Å². The molecule has 0 aliphatic carbocycles. The number of fused-ring (bicyclic) bond motifs is 1. The van der Waals surface area contributed by atoms with Gasteiger partial charge in [-0.2, -0.15) is 0 Å². The molecule has 2 aromatic rings. The van der Waals surface area contributed by atoms with E-state index in [1.165, 1.54) is 29.6 Å². The van der Waals surface area contributed by atoms with E-state index in [1.807, 2.05) is 30.3 Å². The molecule has 1 heterocycles. The monoisotopic (exact) mass is 398 g/mol. The summed E-state index contributed by atoms with van der Waals surface area (Å²) in [5, 5.41) is 2.53. The summed E-state index contributed by atoms with van der Waals surface area (Å²) in [6, 6.07) is 13.9. The van der Waals surface area contributed by atoms with Gasteiger partial charge in [-0.05, 0) is 30.2 Å². The van der Waals surface area contributed by atoms with Gasteiger partial charge in [0.05, 0.1) is 4.90 Å². The van der Waals surface area contributed by atoms with Crippen molar-refractivity contribution in [2.75, 3.05) is 18.9 Å². The Morgan fingerprint density at radius 2 is 1.80 bits per heavy atom. The second-order valence-electron chi connectivity index (χ2n) is 5.80. The summed E-state index contributed by atoms with van der Waals surface area (Å²) in [5.41, 5.74) is 1.72. The van der Waals surface area contributed by atoms with Crippen LogP contribution in [0.2, 0.25) is 0 Å². The summed E-state index contributed by atoms with van der Waals surface area (Å²) in [7, 11) is -2.20. The quantitative estimate of drug-likeness (QED) is 0.786. The van der Waals surface area contributed by atoms with Crippen molar-refractivity contribution >= 4 is 44.8 Å². The highest BCUT2D eigenvalue weighted by atomic mass is 35.5. The van der Waals surface area contributed by atoms with Crippen LogP contribution in [-0.2, 0) is 25.6 Å². The number of carbonyl (C=O) groups excluding carboxylic acids is 1. The highest BCUT2D eigenvalue weighted by Gasteiger charge is 2.44. The molecule has 1 aliphatic heterocycles. The van der Waals surface area contributed by atoms with Crippen LogP contribution in [0.1, 0.15) is 11.1 Å². The highest BCUT2D eigenvalue weighted by Crippen LogP contribution is 2.45. The lowest BCUT2D eigenvalue weighted by atomic mass is 10.1. The highest BCUT2D eigenvalue weighted by molar-refractivity contribution is 7.89. The van der Waals surface area contributed by atoms with Crippen LogP contribution >= 0.6 is 23.2 Å². The Morgan fingerprint density at radius 3 is 2.48 bits per heavy atom. The third-order valence-corrected chi connectivity index (χ3v) is 6.73. The van der Waals surface area contributed by atoms with Crippen LogP contribution in [0.4, 0.5) is 5.69 Å². The number of carbonyl (C=O) groups is 1. The van der Waals surface area contributed by atoms with Crippen LogP contribution in [0.3, 0.4) is 0 Å². The van der Waals surface area contributed by atoms with Gasteiger partial charge in [-0.15, -0.1) is 0 Å². The zero-order chi connectivity index (χ0) is 18.2. The Labute approximate surface area is 156 Å².